The molecule has 1 rings (SSSR count). The van der Waals surface area contributed by atoms with Crippen LogP contribution in [-0.4, -0.2) is 30.6 Å². The van der Waals surface area contributed by atoms with Gasteiger partial charge < -0.3 is 10.2 Å². The van der Waals surface area contributed by atoms with Crippen molar-refractivity contribution in [3.05, 3.63) is 18.1 Å². The van der Waals surface area contributed by atoms with Crippen molar-refractivity contribution in [1.29, 1.82) is 0 Å². The maximum Gasteiger partial charge on any atom is 0.146 e. The fourth-order valence-corrected chi connectivity index (χ4v) is 1.46. The van der Waals surface area contributed by atoms with Crippen LogP contribution in [0.5, 0.6) is 0 Å². The van der Waals surface area contributed by atoms with Gasteiger partial charge in [0.25, 0.3) is 0 Å². The highest BCUT2D eigenvalue weighted by Gasteiger charge is 2.04. The lowest BCUT2D eigenvalue weighted by molar-refractivity contribution is 0.633. The second-order valence-electron chi connectivity index (χ2n) is 4.17. The van der Waals surface area contributed by atoms with Gasteiger partial charge in [0.05, 0.1) is 18.1 Å². The Morgan fingerprint density at radius 3 is 2.53 bits per heavy atom. The van der Waals surface area contributed by atoms with Gasteiger partial charge in [-0.2, -0.15) is 0 Å². The zero-order chi connectivity index (χ0) is 11.3. The van der Waals surface area contributed by atoms with Gasteiger partial charge in [0.15, 0.2) is 0 Å². The molecule has 0 radical (unpaired) electrons. The Hall–Kier alpha value is -1.16. The maximum absolute atomic E-state index is 4.37. The number of nitrogens with zero attached hydrogens (tertiary/aromatic N) is 3. The fourth-order valence-electron chi connectivity index (χ4n) is 1.46. The molecular formula is C11H20N4. The largest absolute Gasteiger partial charge is 0.358 e. The Morgan fingerprint density at radius 2 is 2.07 bits per heavy atom. The second-order valence-corrected chi connectivity index (χ2v) is 4.17. The van der Waals surface area contributed by atoms with Crippen LogP contribution in [0.2, 0.25) is 0 Å². The number of rotatable bonds is 5. The molecule has 0 aliphatic rings. The van der Waals surface area contributed by atoms with Crippen LogP contribution in [0.15, 0.2) is 12.4 Å². The molecule has 0 bridgehead atoms. The van der Waals surface area contributed by atoms with Crippen LogP contribution in [-0.2, 0) is 6.54 Å². The van der Waals surface area contributed by atoms with E-state index in [4.69, 9.17) is 0 Å². The Kier molecular flexibility index (Phi) is 4.49. The van der Waals surface area contributed by atoms with Crippen LogP contribution in [0, 0.1) is 5.92 Å². The molecule has 4 heteroatoms. The van der Waals surface area contributed by atoms with Crippen molar-refractivity contribution in [3.8, 4) is 0 Å². The monoisotopic (exact) mass is 208 g/mol. The van der Waals surface area contributed by atoms with Crippen LogP contribution < -0.4 is 10.2 Å². The van der Waals surface area contributed by atoms with E-state index in [0.29, 0.717) is 5.92 Å². The van der Waals surface area contributed by atoms with E-state index in [2.05, 4.69) is 34.0 Å². The van der Waals surface area contributed by atoms with E-state index < -0.39 is 0 Å². The van der Waals surface area contributed by atoms with Gasteiger partial charge in [-0.05, 0) is 13.0 Å². The first kappa shape index (κ1) is 11.9. The Bertz CT molecular complexity index is 281. The summed E-state index contributed by atoms with van der Waals surface area (Å²) in [6.45, 7) is 6.15. The van der Waals surface area contributed by atoms with Crippen molar-refractivity contribution in [2.45, 2.75) is 20.4 Å². The van der Waals surface area contributed by atoms with Crippen molar-refractivity contribution < 1.29 is 0 Å². The average molecular weight is 208 g/mol. The van der Waals surface area contributed by atoms with Gasteiger partial charge in [0.2, 0.25) is 0 Å². The molecule has 0 saturated carbocycles. The van der Waals surface area contributed by atoms with Gasteiger partial charge in [-0.25, -0.2) is 4.98 Å². The van der Waals surface area contributed by atoms with Crippen molar-refractivity contribution in [2.24, 2.45) is 5.92 Å². The van der Waals surface area contributed by atoms with Gasteiger partial charge in [0.1, 0.15) is 5.82 Å². The lowest BCUT2D eigenvalue weighted by Crippen LogP contribution is -2.23. The molecule has 4 nitrogen and oxygen atoms in total. The first-order valence-corrected chi connectivity index (χ1v) is 5.30. The normalized spacial score (nSPS) is 10.7. The number of hydrogen-bond donors (Lipinski definition) is 1. The molecule has 1 N–H and O–H groups in total. The quantitative estimate of drug-likeness (QED) is 0.791. The van der Waals surface area contributed by atoms with E-state index in [9.17, 15) is 0 Å². The van der Waals surface area contributed by atoms with E-state index in [1.807, 2.05) is 26.5 Å². The Morgan fingerprint density at radius 1 is 1.33 bits per heavy atom. The summed E-state index contributed by atoms with van der Waals surface area (Å²) < 4.78 is 0. The lowest BCUT2D eigenvalue weighted by atomic mass is 10.2. The van der Waals surface area contributed by atoms with E-state index in [0.717, 1.165) is 24.6 Å². The third kappa shape index (κ3) is 3.83. The second kappa shape index (κ2) is 5.66. The molecule has 1 aromatic rings. The number of anilines is 1. The molecule has 0 amide bonds. The molecule has 0 fully saturated rings. The van der Waals surface area contributed by atoms with E-state index in [1.54, 1.807) is 0 Å². The molecule has 1 heterocycles. The van der Waals surface area contributed by atoms with Crippen molar-refractivity contribution in [2.75, 3.05) is 25.5 Å². The summed E-state index contributed by atoms with van der Waals surface area (Å²) >= 11 is 0. The minimum atomic E-state index is 0.633. The predicted octanol–water partition coefficient (Wildman–Crippen LogP) is 1.29. The molecular weight excluding hydrogens is 188 g/mol. The van der Waals surface area contributed by atoms with Crippen LogP contribution in [0.4, 0.5) is 5.82 Å². The molecule has 0 unspecified atom stereocenters. The van der Waals surface area contributed by atoms with Gasteiger partial charge in [-0.15, -0.1) is 0 Å². The zero-order valence-electron chi connectivity index (χ0n) is 9.99. The van der Waals surface area contributed by atoms with Gasteiger partial charge in [0, 0.05) is 20.1 Å². The topological polar surface area (TPSA) is 41.1 Å². The lowest BCUT2D eigenvalue weighted by Gasteiger charge is -2.19. The van der Waals surface area contributed by atoms with Gasteiger partial charge in [-0.1, -0.05) is 13.8 Å². The summed E-state index contributed by atoms with van der Waals surface area (Å²) in [4.78, 5) is 10.8. The van der Waals surface area contributed by atoms with Crippen LogP contribution in [0.1, 0.15) is 19.5 Å². The van der Waals surface area contributed by atoms with Crippen LogP contribution in [0.3, 0.4) is 0 Å². The fraction of sp³-hybridized carbons (Fsp3) is 0.636. The van der Waals surface area contributed by atoms with Gasteiger partial charge in [-0.3, -0.25) is 4.98 Å². The van der Waals surface area contributed by atoms with Gasteiger partial charge >= 0.3 is 0 Å². The first-order valence-electron chi connectivity index (χ1n) is 5.30. The number of hydrogen-bond acceptors (Lipinski definition) is 4. The average Bonchev–Trinajstić information content (AvgIpc) is 2.18. The number of nitrogens with one attached hydrogen (secondary N) is 1. The third-order valence-electron chi connectivity index (χ3n) is 2.08. The maximum atomic E-state index is 4.37. The highest BCUT2D eigenvalue weighted by molar-refractivity contribution is 5.34. The Balaban J connectivity index is 2.62. The minimum absolute atomic E-state index is 0.633. The molecule has 84 valence electrons. The van der Waals surface area contributed by atoms with Crippen molar-refractivity contribution in [1.82, 2.24) is 15.3 Å². The Labute approximate surface area is 91.7 Å². The number of aromatic nitrogens is 2. The molecule has 0 aromatic carbocycles. The minimum Gasteiger partial charge on any atom is -0.358 e. The van der Waals surface area contributed by atoms with Crippen LogP contribution in [0.25, 0.3) is 0 Å². The highest BCUT2D eigenvalue weighted by Crippen LogP contribution is 2.08. The predicted molar refractivity (Wildman–Crippen MR) is 62.9 cm³/mol. The third-order valence-corrected chi connectivity index (χ3v) is 2.08. The van der Waals surface area contributed by atoms with E-state index in [1.165, 1.54) is 0 Å². The standard InChI is InChI=1S/C11H20N4/c1-9(2)8-15(4)11-7-13-10(5-12-3)6-14-11/h6-7,9,12H,5,8H2,1-4H3. The molecule has 0 atom stereocenters. The van der Waals surface area contributed by atoms with E-state index >= 15 is 0 Å². The summed E-state index contributed by atoms with van der Waals surface area (Å²) in [7, 11) is 3.95. The SMILES string of the molecule is CNCc1cnc(N(C)CC(C)C)cn1. The molecule has 0 aliphatic carbocycles. The molecule has 15 heavy (non-hydrogen) atoms. The summed E-state index contributed by atoms with van der Waals surface area (Å²) in [6.07, 6.45) is 3.65. The van der Waals surface area contributed by atoms with Crippen molar-refractivity contribution in [3.63, 3.8) is 0 Å². The summed E-state index contributed by atoms with van der Waals surface area (Å²) in [5, 5.41) is 3.05. The zero-order valence-corrected chi connectivity index (χ0v) is 9.99. The summed E-state index contributed by atoms with van der Waals surface area (Å²) in [6, 6.07) is 0. The van der Waals surface area contributed by atoms with E-state index in [-0.39, 0.29) is 0 Å². The molecule has 1 aromatic heterocycles. The highest BCUT2D eigenvalue weighted by atomic mass is 15.2. The smallest absolute Gasteiger partial charge is 0.146 e. The summed E-state index contributed by atoms with van der Waals surface area (Å²) in [5.74, 6) is 1.57. The first-order chi connectivity index (χ1) is 7.13. The molecule has 0 aliphatic heterocycles. The molecule has 0 saturated heterocycles. The summed E-state index contributed by atoms with van der Waals surface area (Å²) in [5.41, 5.74) is 0.971. The van der Waals surface area contributed by atoms with Crippen LogP contribution >= 0.6 is 0 Å². The molecule has 0 spiro atoms. The van der Waals surface area contributed by atoms with Crippen molar-refractivity contribution >= 4 is 5.82 Å².